The topological polar surface area (TPSA) is 72.6 Å². The van der Waals surface area contributed by atoms with E-state index in [1.54, 1.807) is 19.1 Å². The standard InChI is InChI=1S/C15H22N2O3/c1-4-20-14(18)10-17(11(2)3)15(19)13-7-5-12(9-16)6-8-13/h5-8,11H,4,9-10,16H2,1-3H3. The largest absolute Gasteiger partial charge is 0.465 e. The number of benzene rings is 1. The molecular weight excluding hydrogens is 256 g/mol. The number of amides is 1. The van der Waals surface area contributed by atoms with Crippen LogP contribution in [0, 0.1) is 0 Å². The highest BCUT2D eigenvalue weighted by molar-refractivity contribution is 5.96. The Morgan fingerprint density at radius 3 is 2.30 bits per heavy atom. The monoisotopic (exact) mass is 278 g/mol. The Morgan fingerprint density at radius 1 is 1.25 bits per heavy atom. The molecule has 0 heterocycles. The lowest BCUT2D eigenvalue weighted by molar-refractivity contribution is -0.144. The molecule has 1 aromatic rings. The van der Waals surface area contributed by atoms with E-state index < -0.39 is 5.97 Å². The lowest BCUT2D eigenvalue weighted by Crippen LogP contribution is -2.41. The Balaban J connectivity index is 2.84. The number of carbonyl (C=O) groups excluding carboxylic acids is 2. The van der Waals surface area contributed by atoms with Gasteiger partial charge < -0.3 is 15.4 Å². The summed E-state index contributed by atoms with van der Waals surface area (Å²) in [6.45, 7) is 6.18. The van der Waals surface area contributed by atoms with Crippen molar-refractivity contribution in [2.24, 2.45) is 5.73 Å². The number of esters is 1. The summed E-state index contributed by atoms with van der Waals surface area (Å²) in [5.41, 5.74) is 7.03. The van der Waals surface area contributed by atoms with Gasteiger partial charge in [0.05, 0.1) is 6.61 Å². The summed E-state index contributed by atoms with van der Waals surface area (Å²) in [4.78, 5) is 25.5. The molecule has 0 spiro atoms. The molecule has 5 nitrogen and oxygen atoms in total. The zero-order chi connectivity index (χ0) is 15.1. The van der Waals surface area contributed by atoms with Crippen molar-refractivity contribution < 1.29 is 14.3 Å². The number of hydrogen-bond donors (Lipinski definition) is 1. The van der Waals surface area contributed by atoms with Crippen molar-refractivity contribution in [1.82, 2.24) is 4.90 Å². The molecule has 1 amide bonds. The second kappa shape index (κ2) is 7.65. The van der Waals surface area contributed by atoms with E-state index in [9.17, 15) is 9.59 Å². The van der Waals surface area contributed by atoms with E-state index in [1.807, 2.05) is 26.0 Å². The van der Waals surface area contributed by atoms with Gasteiger partial charge in [-0.2, -0.15) is 0 Å². The molecule has 0 aliphatic carbocycles. The van der Waals surface area contributed by atoms with Gasteiger partial charge in [-0.25, -0.2) is 0 Å². The fourth-order valence-corrected chi connectivity index (χ4v) is 1.78. The summed E-state index contributed by atoms with van der Waals surface area (Å²) in [6, 6.07) is 7.00. The molecule has 1 aromatic carbocycles. The molecule has 5 heteroatoms. The first kappa shape index (κ1) is 16.2. The van der Waals surface area contributed by atoms with E-state index in [1.165, 1.54) is 4.90 Å². The molecule has 0 atom stereocenters. The van der Waals surface area contributed by atoms with Crippen molar-refractivity contribution in [2.45, 2.75) is 33.4 Å². The molecule has 0 saturated heterocycles. The Bertz CT molecular complexity index is 455. The van der Waals surface area contributed by atoms with E-state index in [-0.39, 0.29) is 18.5 Å². The highest BCUT2D eigenvalue weighted by Crippen LogP contribution is 2.10. The van der Waals surface area contributed by atoms with Gasteiger partial charge in [-0.15, -0.1) is 0 Å². The molecule has 20 heavy (non-hydrogen) atoms. The van der Waals surface area contributed by atoms with Crippen molar-refractivity contribution in [3.63, 3.8) is 0 Å². The van der Waals surface area contributed by atoms with Gasteiger partial charge in [0, 0.05) is 18.2 Å². The van der Waals surface area contributed by atoms with Crippen molar-refractivity contribution in [2.75, 3.05) is 13.2 Å². The van der Waals surface area contributed by atoms with E-state index in [4.69, 9.17) is 10.5 Å². The van der Waals surface area contributed by atoms with Crippen LogP contribution in [-0.4, -0.2) is 36.0 Å². The second-order valence-electron chi connectivity index (χ2n) is 4.73. The molecule has 0 bridgehead atoms. The first-order valence-electron chi connectivity index (χ1n) is 6.75. The molecule has 0 aliphatic rings. The molecular formula is C15H22N2O3. The van der Waals surface area contributed by atoms with Gasteiger partial charge in [0.15, 0.2) is 0 Å². The van der Waals surface area contributed by atoms with Crippen LogP contribution in [0.3, 0.4) is 0 Å². The van der Waals surface area contributed by atoms with Gasteiger partial charge in [0.1, 0.15) is 6.54 Å². The lowest BCUT2D eigenvalue weighted by Gasteiger charge is -2.25. The highest BCUT2D eigenvalue weighted by atomic mass is 16.5. The molecule has 0 aromatic heterocycles. The van der Waals surface area contributed by atoms with Crippen LogP contribution < -0.4 is 5.73 Å². The van der Waals surface area contributed by atoms with Crippen molar-refractivity contribution in [3.8, 4) is 0 Å². The first-order chi connectivity index (χ1) is 9.49. The molecule has 0 aliphatic heterocycles. The van der Waals surface area contributed by atoms with Crippen LogP contribution in [0.1, 0.15) is 36.7 Å². The minimum absolute atomic E-state index is 0.0387. The van der Waals surface area contributed by atoms with Crippen molar-refractivity contribution >= 4 is 11.9 Å². The average Bonchev–Trinajstić information content (AvgIpc) is 2.44. The molecule has 0 fully saturated rings. The SMILES string of the molecule is CCOC(=O)CN(C(=O)c1ccc(CN)cc1)C(C)C. The molecule has 0 saturated carbocycles. The number of ether oxygens (including phenoxy) is 1. The summed E-state index contributed by atoms with van der Waals surface area (Å²) >= 11 is 0. The predicted octanol–water partition coefficient (Wildman–Crippen LogP) is 1.56. The van der Waals surface area contributed by atoms with Crippen LogP contribution in [0.5, 0.6) is 0 Å². The van der Waals surface area contributed by atoms with Crippen LogP contribution >= 0.6 is 0 Å². The van der Waals surface area contributed by atoms with E-state index in [0.29, 0.717) is 18.7 Å². The maximum absolute atomic E-state index is 12.4. The molecule has 110 valence electrons. The van der Waals surface area contributed by atoms with Gasteiger partial charge in [0.2, 0.25) is 0 Å². The number of hydrogen-bond acceptors (Lipinski definition) is 4. The second-order valence-corrected chi connectivity index (χ2v) is 4.73. The Hall–Kier alpha value is -1.88. The third kappa shape index (κ3) is 4.35. The molecule has 1 rings (SSSR count). The quantitative estimate of drug-likeness (QED) is 0.801. The fourth-order valence-electron chi connectivity index (χ4n) is 1.78. The number of rotatable bonds is 6. The maximum atomic E-state index is 12.4. The average molecular weight is 278 g/mol. The molecule has 0 unspecified atom stereocenters. The summed E-state index contributed by atoms with van der Waals surface area (Å²) in [7, 11) is 0. The normalized spacial score (nSPS) is 10.4. The highest BCUT2D eigenvalue weighted by Gasteiger charge is 2.22. The zero-order valence-corrected chi connectivity index (χ0v) is 12.3. The van der Waals surface area contributed by atoms with Gasteiger partial charge in [0.25, 0.3) is 5.91 Å². The number of nitrogens with two attached hydrogens (primary N) is 1. The minimum Gasteiger partial charge on any atom is -0.465 e. The Kier molecular flexibility index (Phi) is 6.18. The Labute approximate surface area is 119 Å². The van der Waals surface area contributed by atoms with E-state index in [2.05, 4.69) is 0 Å². The van der Waals surface area contributed by atoms with Crippen LogP contribution in [0.2, 0.25) is 0 Å². The van der Waals surface area contributed by atoms with E-state index in [0.717, 1.165) is 5.56 Å². The van der Waals surface area contributed by atoms with Crippen molar-refractivity contribution in [1.29, 1.82) is 0 Å². The van der Waals surface area contributed by atoms with Crippen LogP contribution in [0.15, 0.2) is 24.3 Å². The fraction of sp³-hybridized carbons (Fsp3) is 0.467. The van der Waals surface area contributed by atoms with Gasteiger partial charge in [-0.05, 0) is 38.5 Å². The zero-order valence-electron chi connectivity index (χ0n) is 12.3. The smallest absolute Gasteiger partial charge is 0.325 e. The minimum atomic E-state index is -0.395. The van der Waals surface area contributed by atoms with Gasteiger partial charge >= 0.3 is 5.97 Å². The van der Waals surface area contributed by atoms with Gasteiger partial charge in [-0.3, -0.25) is 9.59 Å². The van der Waals surface area contributed by atoms with Crippen LogP contribution in [0.4, 0.5) is 0 Å². The summed E-state index contributed by atoms with van der Waals surface area (Å²) in [6.07, 6.45) is 0. The van der Waals surface area contributed by atoms with Crippen LogP contribution in [0.25, 0.3) is 0 Å². The maximum Gasteiger partial charge on any atom is 0.325 e. The summed E-state index contributed by atoms with van der Waals surface area (Å²) in [5, 5.41) is 0. The number of nitrogens with zero attached hydrogens (tertiary/aromatic N) is 1. The predicted molar refractivity (Wildman–Crippen MR) is 77.1 cm³/mol. The third-order valence-corrected chi connectivity index (χ3v) is 2.93. The number of carbonyl (C=O) groups is 2. The van der Waals surface area contributed by atoms with Crippen molar-refractivity contribution in [3.05, 3.63) is 35.4 Å². The summed E-state index contributed by atoms with van der Waals surface area (Å²) in [5.74, 6) is -0.579. The summed E-state index contributed by atoms with van der Waals surface area (Å²) < 4.78 is 4.90. The molecule has 2 N–H and O–H groups in total. The molecule has 0 radical (unpaired) electrons. The van der Waals surface area contributed by atoms with Gasteiger partial charge in [-0.1, -0.05) is 12.1 Å². The van der Waals surface area contributed by atoms with E-state index >= 15 is 0 Å². The Morgan fingerprint density at radius 2 is 1.85 bits per heavy atom. The first-order valence-corrected chi connectivity index (χ1v) is 6.75. The third-order valence-electron chi connectivity index (χ3n) is 2.93. The van der Waals surface area contributed by atoms with Crippen LogP contribution in [-0.2, 0) is 16.1 Å². The lowest BCUT2D eigenvalue weighted by atomic mass is 10.1.